The molecule has 0 unspecified atom stereocenters. The Morgan fingerprint density at radius 1 is 1.16 bits per heavy atom. The summed E-state index contributed by atoms with van der Waals surface area (Å²) >= 11 is 6.05. The van der Waals surface area contributed by atoms with Crippen LogP contribution in [0.15, 0.2) is 47.1 Å². The number of furan rings is 1. The van der Waals surface area contributed by atoms with Crippen LogP contribution in [0.4, 0.5) is 18.9 Å². The lowest BCUT2D eigenvalue weighted by Gasteiger charge is -2.12. The molecule has 0 spiro atoms. The smallest absolute Gasteiger partial charge is 0.433 e. The van der Waals surface area contributed by atoms with Gasteiger partial charge in [-0.3, -0.25) is 4.79 Å². The van der Waals surface area contributed by atoms with Crippen LogP contribution in [0.1, 0.15) is 16.2 Å². The zero-order valence-corrected chi connectivity index (χ0v) is 17.3. The number of nitrogens with one attached hydrogen (secondary N) is 1. The summed E-state index contributed by atoms with van der Waals surface area (Å²) < 4.78 is 57.0. The van der Waals surface area contributed by atoms with Crippen LogP contribution >= 0.6 is 11.6 Å². The van der Waals surface area contributed by atoms with Crippen molar-refractivity contribution in [3.63, 3.8) is 0 Å². The predicted molar refractivity (Wildman–Crippen MR) is 108 cm³/mol. The van der Waals surface area contributed by atoms with Gasteiger partial charge in [-0.15, -0.1) is 0 Å². The first-order valence-corrected chi connectivity index (χ1v) is 9.34. The zero-order valence-electron chi connectivity index (χ0n) is 16.5. The second-order valence-corrected chi connectivity index (χ2v) is 6.85. The van der Waals surface area contributed by atoms with Crippen molar-refractivity contribution in [3.05, 3.63) is 59.1 Å². The SMILES string of the molecule is COc1cc(NC(=O)c2cc3nc(-c4ccco4)cc(C(F)(F)F)n3n2)c(OC)cc1Cl. The van der Waals surface area contributed by atoms with Crippen LogP contribution in [0.2, 0.25) is 5.02 Å². The average molecular weight is 467 g/mol. The van der Waals surface area contributed by atoms with Gasteiger partial charge in [-0.2, -0.15) is 18.3 Å². The molecule has 0 aliphatic carbocycles. The van der Waals surface area contributed by atoms with Gasteiger partial charge >= 0.3 is 6.18 Å². The number of halogens is 4. The first kappa shape index (κ1) is 21.5. The molecule has 4 aromatic rings. The van der Waals surface area contributed by atoms with Gasteiger partial charge in [0.05, 0.1) is 31.2 Å². The van der Waals surface area contributed by atoms with Gasteiger partial charge in [-0.25, -0.2) is 9.50 Å². The number of hydrogen-bond donors (Lipinski definition) is 1. The maximum Gasteiger partial charge on any atom is 0.433 e. The number of rotatable bonds is 5. The number of methoxy groups -OCH3 is 2. The van der Waals surface area contributed by atoms with E-state index in [9.17, 15) is 18.0 Å². The highest BCUT2D eigenvalue weighted by Gasteiger charge is 2.36. The summed E-state index contributed by atoms with van der Waals surface area (Å²) in [6.45, 7) is 0. The lowest BCUT2D eigenvalue weighted by Crippen LogP contribution is -2.16. The van der Waals surface area contributed by atoms with Crippen molar-refractivity contribution in [1.82, 2.24) is 14.6 Å². The molecule has 166 valence electrons. The van der Waals surface area contributed by atoms with E-state index < -0.39 is 17.8 Å². The van der Waals surface area contributed by atoms with Gasteiger partial charge in [0.25, 0.3) is 5.91 Å². The monoisotopic (exact) mass is 466 g/mol. The molecule has 4 rings (SSSR count). The van der Waals surface area contributed by atoms with Gasteiger partial charge in [0.2, 0.25) is 0 Å². The van der Waals surface area contributed by atoms with Crippen molar-refractivity contribution >= 4 is 28.8 Å². The van der Waals surface area contributed by atoms with Crippen LogP contribution in [-0.2, 0) is 6.18 Å². The van der Waals surface area contributed by atoms with Crippen molar-refractivity contribution in [2.24, 2.45) is 0 Å². The molecule has 1 amide bonds. The van der Waals surface area contributed by atoms with E-state index in [0.29, 0.717) is 4.52 Å². The van der Waals surface area contributed by atoms with E-state index in [1.165, 1.54) is 44.7 Å². The summed E-state index contributed by atoms with van der Waals surface area (Å²) in [6.07, 6.45) is -3.44. The third-order valence-corrected chi connectivity index (χ3v) is 4.74. The molecule has 12 heteroatoms. The number of hydrogen-bond acceptors (Lipinski definition) is 6. The molecule has 1 N–H and O–H groups in total. The fourth-order valence-electron chi connectivity index (χ4n) is 2.98. The summed E-state index contributed by atoms with van der Waals surface area (Å²) in [5, 5.41) is 6.59. The molecule has 8 nitrogen and oxygen atoms in total. The molecule has 3 heterocycles. The van der Waals surface area contributed by atoms with E-state index in [4.69, 9.17) is 25.5 Å². The van der Waals surface area contributed by atoms with Gasteiger partial charge in [-0.1, -0.05) is 11.6 Å². The van der Waals surface area contributed by atoms with Crippen molar-refractivity contribution in [2.75, 3.05) is 19.5 Å². The molecule has 32 heavy (non-hydrogen) atoms. The molecule has 0 aliphatic heterocycles. The second kappa shape index (κ2) is 8.08. The van der Waals surface area contributed by atoms with Gasteiger partial charge < -0.3 is 19.2 Å². The maximum atomic E-state index is 13.7. The van der Waals surface area contributed by atoms with Crippen LogP contribution in [0, 0.1) is 0 Å². The Kier molecular flexibility index (Phi) is 5.43. The predicted octanol–water partition coefficient (Wildman–Crippen LogP) is 4.93. The molecule has 3 aromatic heterocycles. The van der Waals surface area contributed by atoms with Crippen molar-refractivity contribution in [1.29, 1.82) is 0 Å². The van der Waals surface area contributed by atoms with Crippen LogP contribution in [-0.4, -0.2) is 34.7 Å². The van der Waals surface area contributed by atoms with E-state index >= 15 is 0 Å². The quantitative estimate of drug-likeness (QED) is 0.448. The molecule has 0 atom stereocenters. The largest absolute Gasteiger partial charge is 0.495 e. The minimum Gasteiger partial charge on any atom is -0.495 e. The number of nitrogens with zero attached hydrogens (tertiary/aromatic N) is 3. The molecular formula is C20H14ClF3N4O4. The zero-order chi connectivity index (χ0) is 23.0. The van der Waals surface area contributed by atoms with E-state index in [0.717, 1.165) is 12.1 Å². The first-order chi connectivity index (χ1) is 15.2. The van der Waals surface area contributed by atoms with Gasteiger partial charge in [0.15, 0.2) is 22.8 Å². The summed E-state index contributed by atoms with van der Waals surface area (Å²) in [4.78, 5) is 16.9. The Balaban J connectivity index is 1.76. The highest BCUT2D eigenvalue weighted by molar-refractivity contribution is 6.32. The van der Waals surface area contributed by atoms with E-state index in [1.807, 2.05) is 0 Å². The summed E-state index contributed by atoms with van der Waals surface area (Å²) in [7, 11) is 2.76. The number of fused-ring (bicyclic) bond motifs is 1. The molecule has 0 saturated heterocycles. The van der Waals surface area contributed by atoms with Crippen molar-refractivity contribution < 1.29 is 31.9 Å². The van der Waals surface area contributed by atoms with Crippen molar-refractivity contribution in [3.8, 4) is 23.0 Å². The van der Waals surface area contributed by atoms with E-state index in [-0.39, 0.29) is 45.0 Å². The first-order valence-electron chi connectivity index (χ1n) is 8.96. The average Bonchev–Trinajstić information content (AvgIpc) is 3.42. The van der Waals surface area contributed by atoms with Crippen LogP contribution < -0.4 is 14.8 Å². The number of benzene rings is 1. The highest BCUT2D eigenvalue weighted by atomic mass is 35.5. The van der Waals surface area contributed by atoms with Crippen LogP contribution in [0.3, 0.4) is 0 Å². The van der Waals surface area contributed by atoms with Crippen molar-refractivity contribution in [2.45, 2.75) is 6.18 Å². The standard InChI is InChI=1S/C20H14ClF3N4O4/c1-30-15-7-11(16(31-2)6-10(15)21)26-19(29)13-9-18-25-12(14-4-3-5-32-14)8-17(20(22,23)24)28(18)27-13/h3-9H,1-2H3,(H,26,29). The topological polar surface area (TPSA) is 90.9 Å². The van der Waals surface area contributed by atoms with E-state index in [1.54, 1.807) is 0 Å². The number of carbonyl (C=O) groups excluding carboxylic acids is 1. The van der Waals surface area contributed by atoms with E-state index in [2.05, 4.69) is 15.4 Å². The van der Waals surface area contributed by atoms with Gasteiger partial charge in [-0.05, 0) is 18.2 Å². The van der Waals surface area contributed by atoms with Gasteiger partial charge in [0, 0.05) is 18.2 Å². The molecule has 0 bridgehead atoms. The minimum absolute atomic E-state index is 0.0502. The Bertz CT molecular complexity index is 1300. The fraction of sp³-hybridized carbons (Fsp3) is 0.150. The van der Waals surface area contributed by atoms with Crippen LogP contribution in [0.5, 0.6) is 11.5 Å². The molecule has 0 aliphatic rings. The number of carbonyl (C=O) groups is 1. The number of ether oxygens (including phenoxy) is 2. The Labute approximate surface area is 183 Å². The maximum absolute atomic E-state index is 13.7. The molecule has 0 radical (unpaired) electrons. The Morgan fingerprint density at radius 2 is 1.91 bits per heavy atom. The summed E-state index contributed by atoms with van der Waals surface area (Å²) in [6, 6.07) is 7.78. The Hall–Kier alpha value is -3.73. The lowest BCUT2D eigenvalue weighted by molar-refractivity contribution is -0.142. The third-order valence-electron chi connectivity index (χ3n) is 4.45. The third kappa shape index (κ3) is 3.94. The highest BCUT2D eigenvalue weighted by Crippen LogP contribution is 2.36. The molecule has 0 saturated carbocycles. The lowest BCUT2D eigenvalue weighted by atomic mass is 10.2. The number of alkyl halides is 3. The number of aromatic nitrogens is 3. The molecule has 1 aromatic carbocycles. The number of anilines is 1. The van der Waals surface area contributed by atoms with Crippen LogP contribution in [0.25, 0.3) is 17.1 Å². The fourth-order valence-corrected chi connectivity index (χ4v) is 3.21. The minimum atomic E-state index is -4.75. The molecule has 0 fully saturated rings. The summed E-state index contributed by atoms with van der Waals surface area (Å²) in [5.41, 5.74) is -1.45. The second-order valence-electron chi connectivity index (χ2n) is 6.44. The number of amides is 1. The molecular weight excluding hydrogens is 453 g/mol. The van der Waals surface area contributed by atoms with Gasteiger partial charge in [0.1, 0.15) is 17.2 Å². The Morgan fingerprint density at radius 3 is 2.53 bits per heavy atom. The summed E-state index contributed by atoms with van der Waals surface area (Å²) in [5.74, 6) is -0.155. The normalized spacial score (nSPS) is 11.6.